The number of terminal acetylenes is 1. The number of nitrogens with zero attached hydrogens (tertiary/aromatic N) is 1. The zero-order valence-electron chi connectivity index (χ0n) is 18.6. The minimum absolute atomic E-state index is 0.203. The maximum Gasteiger partial charge on any atom is 0.211 e. The number of pyridine rings is 1. The Morgan fingerprint density at radius 2 is 1.59 bits per heavy atom. The van der Waals surface area contributed by atoms with Crippen LogP contribution in [0.25, 0.3) is 10.9 Å². The first-order valence-electron chi connectivity index (χ1n) is 10.8. The lowest BCUT2D eigenvalue weighted by atomic mass is 9.74. The van der Waals surface area contributed by atoms with Gasteiger partial charge >= 0.3 is 0 Å². The molecule has 1 N–H and O–H groups in total. The molecule has 0 bridgehead atoms. The van der Waals surface area contributed by atoms with Crippen LogP contribution in [0.5, 0.6) is 0 Å². The third-order valence-electron chi connectivity index (χ3n) is 5.96. The number of fused-ring (bicyclic) bond motifs is 1. The van der Waals surface area contributed by atoms with E-state index in [1.165, 1.54) is 55.5 Å². The molecule has 0 saturated heterocycles. The number of amides is 1. The Morgan fingerprint density at radius 1 is 0.969 bits per heavy atom. The molecule has 2 aromatic carbocycles. The van der Waals surface area contributed by atoms with Gasteiger partial charge in [0.1, 0.15) is 11.6 Å². The average Bonchev–Trinajstić information content (AvgIpc) is 2.82. The molecule has 1 aliphatic rings. The summed E-state index contributed by atoms with van der Waals surface area (Å²) in [6, 6.07) is 12.7. The van der Waals surface area contributed by atoms with Gasteiger partial charge in [-0.25, -0.2) is 8.78 Å². The Balaban J connectivity index is 0.000000255. The van der Waals surface area contributed by atoms with E-state index in [0.717, 1.165) is 22.7 Å². The van der Waals surface area contributed by atoms with Crippen molar-refractivity contribution in [2.75, 3.05) is 5.32 Å². The van der Waals surface area contributed by atoms with Gasteiger partial charge < -0.3 is 5.32 Å². The van der Waals surface area contributed by atoms with Crippen molar-refractivity contribution in [2.24, 2.45) is 11.8 Å². The predicted molar refractivity (Wildman–Crippen MR) is 127 cm³/mol. The maximum atomic E-state index is 13.3. The number of rotatable bonds is 4. The van der Waals surface area contributed by atoms with Crippen LogP contribution in [-0.2, 0) is 4.79 Å². The van der Waals surface area contributed by atoms with E-state index in [1.54, 1.807) is 12.1 Å². The summed E-state index contributed by atoms with van der Waals surface area (Å²) in [5.41, 5.74) is 2.74. The van der Waals surface area contributed by atoms with Gasteiger partial charge in [-0.15, -0.1) is 12.8 Å². The second kappa shape index (κ2) is 12.6. The third-order valence-corrected chi connectivity index (χ3v) is 5.96. The fourth-order valence-corrected chi connectivity index (χ4v) is 4.21. The molecule has 1 aliphatic carbocycles. The number of anilines is 1. The van der Waals surface area contributed by atoms with Crippen molar-refractivity contribution in [1.29, 1.82) is 0 Å². The number of nitrogens with one attached hydrogen (secondary N) is 1. The maximum absolute atomic E-state index is 13.3. The standard InChI is InChI=1S/C18H22FN.C7H6FNO.C2H2/c1-12(2)13-3-5-14(6-4-13)16-9-10-20-18-11-15(19)7-8-17(16)18;8-6-1-3-7(4-2-6)9-5-10;1-2/h7-14H,3-6H2,1-2H3;1-5H,(H,9,10);1-2H. The van der Waals surface area contributed by atoms with Crippen molar-refractivity contribution < 1.29 is 13.6 Å². The summed E-state index contributed by atoms with van der Waals surface area (Å²) in [5, 5.41) is 3.51. The van der Waals surface area contributed by atoms with E-state index in [-0.39, 0.29) is 11.6 Å². The molecule has 1 fully saturated rings. The molecule has 0 radical (unpaired) electrons. The lowest BCUT2D eigenvalue weighted by Crippen LogP contribution is -2.17. The van der Waals surface area contributed by atoms with Crippen LogP contribution in [0.2, 0.25) is 0 Å². The second-order valence-corrected chi connectivity index (χ2v) is 8.19. The average molecular weight is 437 g/mol. The molecular formula is C27H30F2N2O. The molecular weight excluding hydrogens is 406 g/mol. The zero-order valence-corrected chi connectivity index (χ0v) is 18.6. The van der Waals surface area contributed by atoms with E-state index < -0.39 is 0 Å². The summed E-state index contributed by atoms with van der Waals surface area (Å²) < 4.78 is 25.5. The van der Waals surface area contributed by atoms with E-state index in [2.05, 4.69) is 43.1 Å². The van der Waals surface area contributed by atoms with Crippen LogP contribution < -0.4 is 5.32 Å². The van der Waals surface area contributed by atoms with Gasteiger partial charge in [-0.2, -0.15) is 0 Å². The fraction of sp³-hybridized carbons (Fsp3) is 0.333. The molecule has 0 spiro atoms. The highest BCUT2D eigenvalue weighted by Crippen LogP contribution is 2.40. The van der Waals surface area contributed by atoms with Gasteiger partial charge in [-0.05, 0) is 91.5 Å². The van der Waals surface area contributed by atoms with Crippen LogP contribution in [-0.4, -0.2) is 11.4 Å². The predicted octanol–water partition coefficient (Wildman–Crippen LogP) is 6.95. The molecule has 1 saturated carbocycles. The van der Waals surface area contributed by atoms with Gasteiger partial charge in [0, 0.05) is 23.3 Å². The van der Waals surface area contributed by atoms with Crippen LogP contribution in [0.3, 0.4) is 0 Å². The number of carbonyl (C=O) groups is 1. The van der Waals surface area contributed by atoms with Crippen molar-refractivity contribution in [3.63, 3.8) is 0 Å². The number of halogens is 2. The topological polar surface area (TPSA) is 42.0 Å². The monoisotopic (exact) mass is 436 g/mol. The number of hydrogen-bond acceptors (Lipinski definition) is 2. The summed E-state index contributed by atoms with van der Waals surface area (Å²) in [5.74, 6) is 1.76. The highest BCUT2D eigenvalue weighted by Gasteiger charge is 2.25. The first-order valence-corrected chi connectivity index (χ1v) is 10.8. The van der Waals surface area contributed by atoms with Crippen molar-refractivity contribution in [1.82, 2.24) is 4.98 Å². The van der Waals surface area contributed by atoms with Crippen molar-refractivity contribution in [3.8, 4) is 12.8 Å². The summed E-state index contributed by atoms with van der Waals surface area (Å²) in [7, 11) is 0. The van der Waals surface area contributed by atoms with Gasteiger partial charge in [0.2, 0.25) is 6.41 Å². The van der Waals surface area contributed by atoms with Crippen LogP contribution >= 0.6 is 0 Å². The molecule has 0 aliphatic heterocycles. The Bertz CT molecular complexity index is 1010. The third kappa shape index (κ3) is 6.88. The minimum atomic E-state index is -0.309. The van der Waals surface area contributed by atoms with E-state index in [1.807, 2.05) is 12.3 Å². The summed E-state index contributed by atoms with van der Waals surface area (Å²) in [4.78, 5) is 14.2. The summed E-state index contributed by atoms with van der Waals surface area (Å²) in [6.45, 7) is 4.66. The zero-order chi connectivity index (χ0) is 23.5. The van der Waals surface area contributed by atoms with E-state index in [0.29, 0.717) is 18.0 Å². The Kier molecular flexibility index (Phi) is 9.81. The molecule has 168 valence electrons. The number of hydrogen-bond donors (Lipinski definition) is 1. The Labute approximate surface area is 189 Å². The number of carbonyl (C=O) groups excluding carboxylic acids is 1. The normalized spacial score (nSPS) is 17.5. The molecule has 4 rings (SSSR count). The van der Waals surface area contributed by atoms with Gasteiger partial charge in [-0.1, -0.05) is 13.8 Å². The lowest BCUT2D eigenvalue weighted by molar-refractivity contribution is -0.105. The minimum Gasteiger partial charge on any atom is -0.329 e. The molecule has 1 heterocycles. The lowest BCUT2D eigenvalue weighted by Gasteiger charge is -2.31. The molecule has 0 atom stereocenters. The van der Waals surface area contributed by atoms with Crippen LogP contribution in [0.1, 0.15) is 51.0 Å². The van der Waals surface area contributed by atoms with Crippen molar-refractivity contribution >= 4 is 23.0 Å². The smallest absolute Gasteiger partial charge is 0.211 e. The van der Waals surface area contributed by atoms with Crippen LogP contribution in [0, 0.1) is 36.3 Å². The van der Waals surface area contributed by atoms with Crippen LogP contribution in [0.4, 0.5) is 14.5 Å². The first-order chi connectivity index (χ1) is 15.5. The molecule has 1 aromatic heterocycles. The molecule has 1 amide bonds. The Hall–Kier alpha value is -3.26. The second-order valence-electron chi connectivity index (χ2n) is 8.19. The molecule has 0 unspecified atom stereocenters. The van der Waals surface area contributed by atoms with Crippen molar-refractivity contribution in [3.05, 3.63) is 71.9 Å². The number of aromatic nitrogens is 1. The van der Waals surface area contributed by atoms with Gasteiger partial charge in [0.25, 0.3) is 0 Å². The SMILES string of the molecule is C#C.CC(C)C1CCC(c2ccnc3cc(F)ccc23)CC1.O=CNc1ccc(F)cc1. The quantitative estimate of drug-likeness (QED) is 0.355. The number of benzene rings is 2. The van der Waals surface area contributed by atoms with Gasteiger partial charge in [0.05, 0.1) is 5.52 Å². The van der Waals surface area contributed by atoms with Crippen LogP contribution in [0.15, 0.2) is 54.7 Å². The first kappa shape index (κ1) is 25.0. The molecule has 5 heteroatoms. The molecule has 3 aromatic rings. The van der Waals surface area contributed by atoms with Gasteiger partial charge in [-0.3, -0.25) is 9.78 Å². The van der Waals surface area contributed by atoms with Crippen molar-refractivity contribution in [2.45, 2.75) is 45.4 Å². The van der Waals surface area contributed by atoms with E-state index >= 15 is 0 Å². The highest BCUT2D eigenvalue weighted by atomic mass is 19.1. The molecule has 3 nitrogen and oxygen atoms in total. The van der Waals surface area contributed by atoms with E-state index in [4.69, 9.17) is 0 Å². The fourth-order valence-electron chi connectivity index (χ4n) is 4.21. The van der Waals surface area contributed by atoms with Gasteiger partial charge in [0.15, 0.2) is 0 Å². The Morgan fingerprint density at radius 3 is 2.19 bits per heavy atom. The largest absolute Gasteiger partial charge is 0.329 e. The highest BCUT2D eigenvalue weighted by molar-refractivity contribution is 5.82. The molecule has 32 heavy (non-hydrogen) atoms. The summed E-state index contributed by atoms with van der Waals surface area (Å²) >= 11 is 0. The summed E-state index contributed by atoms with van der Waals surface area (Å²) in [6.07, 6.45) is 15.5. The van der Waals surface area contributed by atoms with E-state index in [9.17, 15) is 13.6 Å².